The van der Waals surface area contributed by atoms with Gasteiger partial charge in [0.2, 0.25) is 0 Å². The molecule has 78 valence electrons. The molecule has 1 aliphatic rings. The molecule has 1 unspecified atom stereocenters. The molecule has 1 fully saturated rings. The van der Waals surface area contributed by atoms with E-state index < -0.39 is 24.6 Å². The summed E-state index contributed by atoms with van der Waals surface area (Å²) in [5, 5.41) is 27.5. The fourth-order valence-electron chi connectivity index (χ4n) is 1.25. The van der Waals surface area contributed by atoms with E-state index >= 15 is 0 Å². The molecule has 0 aromatic rings. The van der Waals surface area contributed by atoms with Crippen LogP contribution in [-0.4, -0.2) is 52.6 Å². The van der Waals surface area contributed by atoms with E-state index in [0.717, 1.165) is 0 Å². The third kappa shape index (κ3) is 2.38. The molecule has 0 saturated carbocycles. The Morgan fingerprint density at radius 1 is 1.31 bits per heavy atom. The Bertz CT molecular complexity index is 161. The summed E-state index contributed by atoms with van der Waals surface area (Å²) in [5.74, 6) is 0. The van der Waals surface area contributed by atoms with Crippen molar-refractivity contribution in [2.45, 2.75) is 44.6 Å². The van der Waals surface area contributed by atoms with E-state index in [1.807, 2.05) is 0 Å². The Morgan fingerprint density at radius 2 is 1.92 bits per heavy atom. The lowest BCUT2D eigenvalue weighted by Gasteiger charge is -2.17. The Hall–Kier alpha value is -0.200. The summed E-state index contributed by atoms with van der Waals surface area (Å²) in [6.45, 7) is 3.28. The van der Waals surface area contributed by atoms with Gasteiger partial charge in [-0.1, -0.05) is 0 Å². The number of aliphatic hydroxyl groups excluding tert-OH is 3. The molecule has 0 aromatic heterocycles. The summed E-state index contributed by atoms with van der Waals surface area (Å²) >= 11 is 0. The Labute approximate surface area is 76.9 Å². The highest BCUT2D eigenvalue weighted by Crippen LogP contribution is 2.22. The van der Waals surface area contributed by atoms with Gasteiger partial charge in [0, 0.05) is 0 Å². The maximum Gasteiger partial charge on any atom is 0.186 e. The van der Waals surface area contributed by atoms with Crippen LogP contribution in [0.5, 0.6) is 0 Å². The highest BCUT2D eigenvalue weighted by Gasteiger charge is 2.43. The minimum atomic E-state index is -1.08. The van der Waals surface area contributed by atoms with Crippen molar-refractivity contribution in [1.82, 2.24) is 0 Å². The van der Waals surface area contributed by atoms with Gasteiger partial charge in [0.1, 0.15) is 18.3 Å². The lowest BCUT2D eigenvalue weighted by molar-refractivity contribution is -0.186. The largest absolute Gasteiger partial charge is 0.394 e. The van der Waals surface area contributed by atoms with E-state index in [0.29, 0.717) is 0 Å². The molecular formula is C8H16O5. The molecular weight excluding hydrogens is 176 g/mol. The van der Waals surface area contributed by atoms with Crippen molar-refractivity contribution in [2.24, 2.45) is 0 Å². The van der Waals surface area contributed by atoms with Gasteiger partial charge in [0.05, 0.1) is 12.7 Å². The molecule has 0 amide bonds. The molecule has 0 bridgehead atoms. The van der Waals surface area contributed by atoms with Crippen LogP contribution in [-0.2, 0) is 9.47 Å². The maximum atomic E-state index is 9.40. The molecule has 1 rings (SSSR count). The highest BCUT2D eigenvalue weighted by molar-refractivity contribution is 4.86. The van der Waals surface area contributed by atoms with Gasteiger partial charge in [-0.25, -0.2) is 0 Å². The molecule has 1 aliphatic heterocycles. The summed E-state index contributed by atoms with van der Waals surface area (Å²) in [5.41, 5.74) is 0. The van der Waals surface area contributed by atoms with Gasteiger partial charge in [-0.3, -0.25) is 0 Å². The lowest BCUT2D eigenvalue weighted by Crippen LogP contribution is -2.35. The summed E-state index contributed by atoms with van der Waals surface area (Å²) in [7, 11) is 0. The quantitative estimate of drug-likeness (QED) is 0.526. The summed E-state index contributed by atoms with van der Waals surface area (Å²) in [6.07, 6.45) is -3.84. The molecule has 0 aromatic carbocycles. The number of hydrogen-bond acceptors (Lipinski definition) is 5. The first kappa shape index (κ1) is 10.9. The SMILES string of the molecule is CC(C)OC1O[C@H](CO)[C@H](O)[C@H]1O. The zero-order chi connectivity index (χ0) is 10.0. The van der Waals surface area contributed by atoms with Crippen LogP contribution in [0.1, 0.15) is 13.8 Å². The van der Waals surface area contributed by atoms with Gasteiger partial charge < -0.3 is 24.8 Å². The van der Waals surface area contributed by atoms with Crippen LogP contribution < -0.4 is 0 Å². The Balaban J connectivity index is 2.50. The van der Waals surface area contributed by atoms with E-state index in [9.17, 15) is 10.2 Å². The average Bonchev–Trinajstić information content (AvgIpc) is 2.32. The van der Waals surface area contributed by atoms with Crippen LogP contribution in [0.2, 0.25) is 0 Å². The van der Waals surface area contributed by atoms with Crippen molar-refractivity contribution < 1.29 is 24.8 Å². The van der Waals surface area contributed by atoms with E-state index in [-0.39, 0.29) is 12.7 Å². The maximum absolute atomic E-state index is 9.40. The van der Waals surface area contributed by atoms with Crippen LogP contribution in [0.15, 0.2) is 0 Å². The minimum absolute atomic E-state index is 0.0932. The van der Waals surface area contributed by atoms with Crippen molar-refractivity contribution in [1.29, 1.82) is 0 Å². The number of hydrogen-bond donors (Lipinski definition) is 3. The Kier molecular flexibility index (Phi) is 3.63. The first-order valence-electron chi connectivity index (χ1n) is 4.34. The molecule has 3 N–H and O–H groups in total. The normalized spacial score (nSPS) is 40.2. The van der Waals surface area contributed by atoms with Gasteiger partial charge in [0.25, 0.3) is 0 Å². The van der Waals surface area contributed by atoms with Gasteiger partial charge in [-0.05, 0) is 13.8 Å². The topological polar surface area (TPSA) is 79.2 Å². The first-order valence-corrected chi connectivity index (χ1v) is 4.34. The average molecular weight is 192 g/mol. The summed E-state index contributed by atoms with van der Waals surface area (Å²) in [4.78, 5) is 0. The molecule has 1 heterocycles. The van der Waals surface area contributed by atoms with E-state index in [1.165, 1.54) is 0 Å². The second kappa shape index (κ2) is 4.34. The molecule has 0 spiro atoms. The molecule has 1 saturated heterocycles. The van der Waals surface area contributed by atoms with Crippen LogP contribution >= 0.6 is 0 Å². The second-order valence-corrected chi connectivity index (χ2v) is 3.39. The van der Waals surface area contributed by atoms with E-state index in [2.05, 4.69) is 0 Å². The second-order valence-electron chi connectivity index (χ2n) is 3.39. The van der Waals surface area contributed by atoms with Gasteiger partial charge in [-0.2, -0.15) is 0 Å². The zero-order valence-corrected chi connectivity index (χ0v) is 7.75. The summed E-state index contributed by atoms with van der Waals surface area (Å²) in [6, 6.07) is 0. The first-order chi connectivity index (χ1) is 6.06. The van der Waals surface area contributed by atoms with E-state index in [4.69, 9.17) is 14.6 Å². The molecule has 5 heteroatoms. The molecule has 0 aliphatic carbocycles. The van der Waals surface area contributed by atoms with Crippen molar-refractivity contribution in [3.63, 3.8) is 0 Å². The zero-order valence-electron chi connectivity index (χ0n) is 7.75. The number of aliphatic hydroxyl groups is 3. The molecule has 0 radical (unpaired) electrons. The standard InChI is InChI=1S/C8H16O5/c1-4(2)12-8-7(11)6(10)5(3-9)13-8/h4-11H,3H2,1-2H3/t5-,6+,7-,8?/m1/s1. The van der Waals surface area contributed by atoms with Crippen molar-refractivity contribution in [3.05, 3.63) is 0 Å². The van der Waals surface area contributed by atoms with Gasteiger partial charge >= 0.3 is 0 Å². The van der Waals surface area contributed by atoms with Crippen LogP contribution in [0.25, 0.3) is 0 Å². The molecule has 4 atom stereocenters. The van der Waals surface area contributed by atoms with Crippen molar-refractivity contribution >= 4 is 0 Å². The Morgan fingerprint density at radius 3 is 2.31 bits per heavy atom. The van der Waals surface area contributed by atoms with Gasteiger partial charge in [0.15, 0.2) is 6.29 Å². The van der Waals surface area contributed by atoms with Crippen LogP contribution in [0.3, 0.4) is 0 Å². The van der Waals surface area contributed by atoms with Crippen LogP contribution in [0, 0.1) is 0 Å². The third-order valence-corrected chi connectivity index (χ3v) is 1.90. The minimum Gasteiger partial charge on any atom is -0.394 e. The molecule has 5 nitrogen and oxygen atoms in total. The fraction of sp³-hybridized carbons (Fsp3) is 1.00. The summed E-state index contributed by atoms with van der Waals surface area (Å²) < 4.78 is 10.3. The fourth-order valence-corrected chi connectivity index (χ4v) is 1.25. The predicted octanol–water partition coefficient (Wildman–Crippen LogP) is -1.15. The van der Waals surface area contributed by atoms with Crippen LogP contribution in [0.4, 0.5) is 0 Å². The molecule has 13 heavy (non-hydrogen) atoms. The van der Waals surface area contributed by atoms with E-state index in [1.54, 1.807) is 13.8 Å². The smallest absolute Gasteiger partial charge is 0.186 e. The number of ether oxygens (including phenoxy) is 2. The number of rotatable bonds is 3. The van der Waals surface area contributed by atoms with Crippen molar-refractivity contribution in [2.75, 3.05) is 6.61 Å². The lowest BCUT2D eigenvalue weighted by atomic mass is 10.1. The van der Waals surface area contributed by atoms with Crippen molar-refractivity contribution in [3.8, 4) is 0 Å². The van der Waals surface area contributed by atoms with Gasteiger partial charge in [-0.15, -0.1) is 0 Å². The third-order valence-electron chi connectivity index (χ3n) is 1.90. The monoisotopic (exact) mass is 192 g/mol. The highest BCUT2D eigenvalue weighted by atomic mass is 16.7. The predicted molar refractivity (Wildman–Crippen MR) is 44.0 cm³/mol.